The number of piperidine rings is 1. The minimum atomic E-state index is -0.141. The summed E-state index contributed by atoms with van der Waals surface area (Å²) in [5.74, 6) is 0.802. The van der Waals surface area contributed by atoms with Gasteiger partial charge in [0.2, 0.25) is 0 Å². The van der Waals surface area contributed by atoms with Gasteiger partial charge in [-0.25, -0.2) is 9.97 Å². The van der Waals surface area contributed by atoms with Crippen molar-refractivity contribution in [2.75, 3.05) is 18.0 Å². The number of pyridine rings is 2. The van der Waals surface area contributed by atoms with Crippen LogP contribution in [0.3, 0.4) is 0 Å². The number of nitrogens with zero attached hydrogens (tertiary/aromatic N) is 4. The van der Waals surface area contributed by atoms with E-state index in [-0.39, 0.29) is 17.3 Å². The van der Waals surface area contributed by atoms with Gasteiger partial charge in [-0.05, 0) is 37.5 Å². The molecule has 0 atom stereocenters. The minimum Gasteiger partial charge on any atom is -0.392 e. The Morgan fingerprint density at radius 1 is 1.33 bits per heavy atom. The number of nitrogens with one attached hydrogen (secondary N) is 1. The molecule has 0 aromatic carbocycles. The molecular formula is C18H20Cl2N6O. The van der Waals surface area contributed by atoms with E-state index >= 15 is 0 Å². The van der Waals surface area contributed by atoms with Gasteiger partial charge in [-0.2, -0.15) is 5.10 Å². The van der Waals surface area contributed by atoms with Crippen LogP contribution < -0.4 is 10.6 Å². The van der Waals surface area contributed by atoms with Crippen molar-refractivity contribution in [1.29, 1.82) is 0 Å². The molecule has 0 unspecified atom stereocenters. The third kappa shape index (κ3) is 3.36. The predicted molar refractivity (Wildman–Crippen MR) is 107 cm³/mol. The molecule has 4 heterocycles. The van der Waals surface area contributed by atoms with Crippen molar-refractivity contribution in [2.45, 2.75) is 31.9 Å². The van der Waals surface area contributed by atoms with Crippen LogP contribution in [0.4, 0.5) is 5.82 Å². The Balaban J connectivity index is 1.79. The quantitative estimate of drug-likeness (QED) is 0.577. The first-order chi connectivity index (χ1) is 12.9. The standard InChI is InChI=1S/C18H20Cl2N6O/c1-18(21)3-6-26(7-4-18)12-8-10(9-27)13-15(24-25-17(13)23-12)11-2-5-22-16(20)14(11)19/h2,5,8,27H,3-4,6-7,9,21H2,1H3,(H,23,24,25). The number of hydrogen-bond acceptors (Lipinski definition) is 6. The second kappa shape index (κ2) is 6.91. The zero-order valence-electron chi connectivity index (χ0n) is 14.8. The molecule has 4 rings (SSSR count). The molecule has 3 aromatic heterocycles. The van der Waals surface area contributed by atoms with E-state index in [1.165, 1.54) is 0 Å². The molecule has 1 saturated heterocycles. The summed E-state index contributed by atoms with van der Waals surface area (Å²) in [7, 11) is 0. The summed E-state index contributed by atoms with van der Waals surface area (Å²) in [5, 5.41) is 18.6. The van der Waals surface area contributed by atoms with Gasteiger partial charge in [-0.15, -0.1) is 0 Å². The lowest BCUT2D eigenvalue weighted by atomic mass is 9.91. The summed E-state index contributed by atoms with van der Waals surface area (Å²) >= 11 is 12.4. The maximum atomic E-state index is 9.98. The number of hydrogen-bond donors (Lipinski definition) is 3. The van der Waals surface area contributed by atoms with Gasteiger partial charge in [-0.3, -0.25) is 5.10 Å². The number of aromatic amines is 1. The van der Waals surface area contributed by atoms with Crippen LogP contribution in [0.5, 0.6) is 0 Å². The summed E-state index contributed by atoms with van der Waals surface area (Å²) in [4.78, 5) is 10.9. The van der Waals surface area contributed by atoms with Gasteiger partial charge in [0.25, 0.3) is 0 Å². The number of rotatable bonds is 3. The Hall–Kier alpha value is -1.93. The fourth-order valence-electron chi connectivity index (χ4n) is 3.42. The van der Waals surface area contributed by atoms with E-state index in [0.29, 0.717) is 21.9 Å². The van der Waals surface area contributed by atoms with Crippen molar-refractivity contribution in [3.05, 3.63) is 34.1 Å². The highest BCUT2D eigenvalue weighted by Crippen LogP contribution is 2.37. The number of fused-ring (bicyclic) bond motifs is 1. The molecule has 7 nitrogen and oxygen atoms in total. The lowest BCUT2D eigenvalue weighted by Gasteiger charge is -2.37. The third-order valence-corrected chi connectivity index (χ3v) is 5.87. The predicted octanol–water partition coefficient (Wildman–Crippen LogP) is 3.14. The van der Waals surface area contributed by atoms with Crippen molar-refractivity contribution in [2.24, 2.45) is 5.73 Å². The molecule has 9 heteroatoms. The number of nitrogens with two attached hydrogens (primary N) is 1. The zero-order chi connectivity index (χ0) is 19.2. The first kappa shape index (κ1) is 18.4. The van der Waals surface area contributed by atoms with Crippen molar-refractivity contribution in [1.82, 2.24) is 20.2 Å². The molecule has 0 radical (unpaired) electrons. The lowest BCUT2D eigenvalue weighted by molar-refractivity contribution is 0.283. The van der Waals surface area contributed by atoms with Gasteiger partial charge in [-0.1, -0.05) is 23.2 Å². The largest absolute Gasteiger partial charge is 0.392 e. The molecule has 27 heavy (non-hydrogen) atoms. The molecular weight excluding hydrogens is 387 g/mol. The summed E-state index contributed by atoms with van der Waals surface area (Å²) < 4.78 is 0. The molecule has 0 saturated carbocycles. The number of halogens is 2. The smallest absolute Gasteiger partial charge is 0.158 e. The Morgan fingerprint density at radius 3 is 2.78 bits per heavy atom. The number of aliphatic hydroxyl groups is 1. The Kier molecular flexibility index (Phi) is 4.71. The molecule has 3 aromatic rings. The fourth-order valence-corrected chi connectivity index (χ4v) is 3.78. The van der Waals surface area contributed by atoms with Gasteiger partial charge < -0.3 is 15.7 Å². The average molecular weight is 407 g/mol. The Morgan fingerprint density at radius 2 is 2.07 bits per heavy atom. The van der Waals surface area contributed by atoms with Crippen molar-refractivity contribution >= 4 is 40.1 Å². The molecule has 0 aliphatic carbocycles. The SMILES string of the molecule is CC1(N)CCN(c2cc(CO)c3c(-c4ccnc(Cl)c4Cl)n[nH]c3n2)CC1. The van der Waals surface area contributed by atoms with Crippen LogP contribution >= 0.6 is 23.2 Å². The highest BCUT2D eigenvalue weighted by Gasteiger charge is 2.27. The van der Waals surface area contributed by atoms with Crippen molar-refractivity contribution in [3.63, 3.8) is 0 Å². The van der Waals surface area contributed by atoms with Crippen LogP contribution in [-0.4, -0.2) is 43.9 Å². The van der Waals surface area contributed by atoms with E-state index in [0.717, 1.165) is 42.7 Å². The molecule has 0 bridgehead atoms. The number of anilines is 1. The summed E-state index contributed by atoms with van der Waals surface area (Å²) in [6.07, 6.45) is 3.35. The van der Waals surface area contributed by atoms with Gasteiger partial charge in [0.1, 0.15) is 16.7 Å². The van der Waals surface area contributed by atoms with Crippen molar-refractivity contribution < 1.29 is 5.11 Å². The topological polar surface area (TPSA) is 104 Å². The molecule has 1 fully saturated rings. The number of aliphatic hydroxyl groups excluding tert-OH is 1. The van der Waals surface area contributed by atoms with E-state index in [9.17, 15) is 5.11 Å². The van der Waals surface area contributed by atoms with Crippen LogP contribution in [0, 0.1) is 0 Å². The molecule has 1 aliphatic rings. The molecule has 4 N–H and O–H groups in total. The van der Waals surface area contributed by atoms with Crippen LogP contribution in [0.15, 0.2) is 18.3 Å². The lowest BCUT2D eigenvalue weighted by Crippen LogP contribution is -2.48. The maximum absolute atomic E-state index is 9.98. The summed E-state index contributed by atoms with van der Waals surface area (Å²) in [6, 6.07) is 3.64. The Labute approximate surface area is 166 Å². The zero-order valence-corrected chi connectivity index (χ0v) is 16.3. The first-order valence-corrected chi connectivity index (χ1v) is 9.48. The van der Waals surface area contributed by atoms with Crippen molar-refractivity contribution in [3.8, 4) is 11.3 Å². The van der Waals surface area contributed by atoms with E-state index in [4.69, 9.17) is 33.9 Å². The highest BCUT2D eigenvalue weighted by molar-refractivity contribution is 6.43. The second-order valence-corrected chi connectivity index (χ2v) is 7.93. The Bertz CT molecular complexity index is 993. The fraction of sp³-hybridized carbons (Fsp3) is 0.389. The molecule has 0 amide bonds. The molecule has 1 aliphatic heterocycles. The number of aromatic nitrogens is 4. The van der Waals surface area contributed by atoms with Gasteiger partial charge in [0.05, 0.1) is 17.0 Å². The average Bonchev–Trinajstić information content (AvgIpc) is 3.07. The van der Waals surface area contributed by atoms with E-state index < -0.39 is 0 Å². The first-order valence-electron chi connectivity index (χ1n) is 8.73. The van der Waals surface area contributed by atoms with Gasteiger partial charge >= 0.3 is 0 Å². The van der Waals surface area contributed by atoms with Crippen LogP contribution in [0.2, 0.25) is 10.2 Å². The van der Waals surface area contributed by atoms with Gasteiger partial charge in [0.15, 0.2) is 5.65 Å². The van der Waals surface area contributed by atoms with E-state index in [1.54, 1.807) is 12.3 Å². The van der Waals surface area contributed by atoms with Crippen LogP contribution in [0.1, 0.15) is 25.3 Å². The molecule has 142 valence electrons. The van der Waals surface area contributed by atoms with Crippen LogP contribution in [0.25, 0.3) is 22.3 Å². The maximum Gasteiger partial charge on any atom is 0.158 e. The molecule has 0 spiro atoms. The minimum absolute atomic E-state index is 0.140. The third-order valence-electron chi connectivity index (χ3n) is 5.10. The normalized spacial score (nSPS) is 16.9. The van der Waals surface area contributed by atoms with Gasteiger partial charge in [0, 0.05) is 30.4 Å². The highest BCUT2D eigenvalue weighted by atomic mass is 35.5. The van der Waals surface area contributed by atoms with Crippen LogP contribution in [-0.2, 0) is 6.61 Å². The number of H-pyrrole nitrogens is 1. The van der Waals surface area contributed by atoms with E-state index in [2.05, 4.69) is 27.0 Å². The van der Waals surface area contributed by atoms with E-state index in [1.807, 2.05) is 6.07 Å². The monoisotopic (exact) mass is 406 g/mol. The second-order valence-electron chi connectivity index (χ2n) is 7.20. The summed E-state index contributed by atoms with van der Waals surface area (Å²) in [5.41, 5.74) is 8.64. The summed E-state index contributed by atoms with van der Waals surface area (Å²) in [6.45, 7) is 3.58.